The monoisotopic (exact) mass is 396 g/mol. The van der Waals surface area contributed by atoms with Crippen molar-refractivity contribution in [2.45, 2.75) is 86.0 Å². The molecule has 0 spiro atoms. The van der Waals surface area contributed by atoms with Gasteiger partial charge in [-0.1, -0.05) is 58.7 Å². The van der Waals surface area contributed by atoms with E-state index in [1.54, 1.807) is 11.3 Å². The van der Waals surface area contributed by atoms with E-state index in [2.05, 4.69) is 87.9 Å². The normalized spacial score (nSPS) is 14.3. The maximum absolute atomic E-state index is 2.43. The van der Waals surface area contributed by atoms with E-state index in [-0.39, 0.29) is 0 Å². The summed E-state index contributed by atoms with van der Waals surface area (Å²) in [6, 6.07) is 2.23. The first kappa shape index (κ1) is 24.4. The second-order valence-electron chi connectivity index (χ2n) is 7.89. The Morgan fingerprint density at radius 2 is 1.32 bits per heavy atom. The average molecular weight is 397 g/mol. The fraction of sp³-hybridized carbons (Fsp3) is 0.481. The van der Waals surface area contributed by atoms with Gasteiger partial charge < -0.3 is 0 Å². The molecule has 0 aliphatic rings. The fourth-order valence-electron chi connectivity index (χ4n) is 3.18. The van der Waals surface area contributed by atoms with Crippen molar-refractivity contribution in [3.05, 3.63) is 81.1 Å². The molecular weight excluding hydrogens is 356 g/mol. The van der Waals surface area contributed by atoms with E-state index in [1.807, 2.05) is 0 Å². The van der Waals surface area contributed by atoms with E-state index in [0.717, 1.165) is 6.42 Å². The fourth-order valence-corrected chi connectivity index (χ4v) is 3.88. The topological polar surface area (TPSA) is 0 Å². The van der Waals surface area contributed by atoms with Gasteiger partial charge in [-0.3, -0.25) is 0 Å². The Balaban J connectivity index is 2.20. The SMILES string of the molecule is C/C=C/C(C)=C/CC/C(C)=C/CC/C(C)=C/CC/C(C)=C/CCc1ccsc1. The molecule has 0 aliphatic carbocycles. The van der Waals surface area contributed by atoms with Crippen LogP contribution in [0.4, 0.5) is 0 Å². The highest BCUT2D eigenvalue weighted by Crippen LogP contribution is 2.15. The highest BCUT2D eigenvalue weighted by atomic mass is 32.1. The van der Waals surface area contributed by atoms with Gasteiger partial charge in [0.15, 0.2) is 0 Å². The molecule has 1 heteroatoms. The number of aryl methyl sites for hydroxylation is 1. The minimum atomic E-state index is 1.14. The summed E-state index contributed by atoms with van der Waals surface area (Å²) in [5, 5.41) is 4.42. The Morgan fingerprint density at radius 1 is 0.786 bits per heavy atom. The van der Waals surface area contributed by atoms with Crippen molar-refractivity contribution in [1.82, 2.24) is 0 Å². The molecule has 1 rings (SSSR count). The molecule has 0 bridgehead atoms. The summed E-state index contributed by atoms with van der Waals surface area (Å²) >= 11 is 1.79. The first-order valence-corrected chi connectivity index (χ1v) is 11.7. The molecule has 0 aromatic carbocycles. The van der Waals surface area contributed by atoms with E-state index >= 15 is 0 Å². The number of hydrogen-bond acceptors (Lipinski definition) is 1. The molecule has 0 nitrogen and oxygen atoms in total. The number of rotatable bonds is 13. The smallest absolute Gasteiger partial charge is 0.00611 e. The van der Waals surface area contributed by atoms with Crippen molar-refractivity contribution in [3.63, 3.8) is 0 Å². The summed E-state index contributed by atoms with van der Waals surface area (Å²) in [6.07, 6.45) is 23.3. The molecule has 0 aliphatic heterocycles. The van der Waals surface area contributed by atoms with Gasteiger partial charge in [0.1, 0.15) is 0 Å². The lowest BCUT2D eigenvalue weighted by molar-refractivity contribution is 0.894. The molecule has 154 valence electrons. The van der Waals surface area contributed by atoms with Crippen LogP contribution in [0.25, 0.3) is 0 Å². The van der Waals surface area contributed by atoms with E-state index in [0.29, 0.717) is 0 Å². The molecule has 0 saturated heterocycles. The van der Waals surface area contributed by atoms with Crippen LogP contribution in [0.15, 0.2) is 75.6 Å². The minimum Gasteiger partial charge on any atom is -0.152 e. The molecule has 1 heterocycles. The van der Waals surface area contributed by atoms with Crippen LogP contribution >= 0.6 is 11.3 Å². The van der Waals surface area contributed by atoms with Gasteiger partial charge in [0.2, 0.25) is 0 Å². The van der Waals surface area contributed by atoms with Crippen LogP contribution in [0.2, 0.25) is 0 Å². The lowest BCUT2D eigenvalue weighted by atomic mass is 10.0. The molecule has 1 aromatic rings. The van der Waals surface area contributed by atoms with Gasteiger partial charge in [0, 0.05) is 0 Å². The van der Waals surface area contributed by atoms with Gasteiger partial charge in [0.25, 0.3) is 0 Å². The molecule has 28 heavy (non-hydrogen) atoms. The third kappa shape index (κ3) is 12.7. The molecule has 0 N–H and O–H groups in total. The van der Waals surface area contributed by atoms with Crippen molar-refractivity contribution in [1.29, 1.82) is 0 Å². The first-order valence-electron chi connectivity index (χ1n) is 10.8. The minimum absolute atomic E-state index is 1.14. The maximum Gasteiger partial charge on any atom is -0.00611 e. The van der Waals surface area contributed by atoms with Crippen LogP contribution in [-0.4, -0.2) is 0 Å². The molecule has 0 radical (unpaired) electrons. The lowest BCUT2D eigenvalue weighted by Crippen LogP contribution is -1.83. The van der Waals surface area contributed by atoms with E-state index < -0.39 is 0 Å². The molecule has 0 unspecified atom stereocenters. The van der Waals surface area contributed by atoms with Gasteiger partial charge in [0.05, 0.1) is 0 Å². The third-order valence-corrected chi connectivity index (χ3v) is 5.74. The second kappa shape index (κ2) is 15.3. The second-order valence-corrected chi connectivity index (χ2v) is 8.67. The van der Waals surface area contributed by atoms with Crippen molar-refractivity contribution in [3.8, 4) is 0 Å². The van der Waals surface area contributed by atoms with Gasteiger partial charge in [-0.2, -0.15) is 11.3 Å². The summed E-state index contributed by atoms with van der Waals surface area (Å²) < 4.78 is 0. The third-order valence-electron chi connectivity index (χ3n) is 5.00. The van der Waals surface area contributed by atoms with Crippen LogP contribution in [-0.2, 0) is 6.42 Å². The van der Waals surface area contributed by atoms with Crippen molar-refractivity contribution >= 4 is 11.3 Å². The largest absolute Gasteiger partial charge is 0.152 e. The Labute approximate surface area is 178 Å². The molecule has 0 saturated carbocycles. The molecule has 0 amide bonds. The Bertz CT molecular complexity index is 678. The standard InChI is InChI=1S/C27H40S/c1-6-11-23(2)12-7-13-24(3)14-8-15-25(4)16-9-17-26(5)18-10-19-27-20-21-28-22-27/h6,11-12,14,16,18,20-22H,7-10,13,15,17,19H2,1-5H3/b11-6+,23-12+,24-14+,25-16+,26-18+. The van der Waals surface area contributed by atoms with Crippen LogP contribution < -0.4 is 0 Å². The highest BCUT2D eigenvalue weighted by Gasteiger charge is 1.95. The van der Waals surface area contributed by atoms with Crippen LogP contribution in [0.1, 0.15) is 85.1 Å². The van der Waals surface area contributed by atoms with Crippen LogP contribution in [0, 0.1) is 0 Å². The van der Waals surface area contributed by atoms with Gasteiger partial charge >= 0.3 is 0 Å². The zero-order chi connectivity index (χ0) is 20.6. The van der Waals surface area contributed by atoms with Crippen LogP contribution in [0.5, 0.6) is 0 Å². The number of allylic oxidation sites excluding steroid dienone is 10. The molecular formula is C27H40S. The predicted octanol–water partition coefficient (Wildman–Crippen LogP) is 9.38. The Hall–Kier alpha value is -1.60. The summed E-state index contributed by atoms with van der Waals surface area (Å²) in [6.45, 7) is 11.1. The first-order chi connectivity index (χ1) is 13.5. The number of hydrogen-bond donors (Lipinski definition) is 0. The van der Waals surface area contributed by atoms with E-state index in [1.165, 1.54) is 72.8 Å². The quantitative estimate of drug-likeness (QED) is 0.230. The Morgan fingerprint density at radius 3 is 1.82 bits per heavy atom. The maximum atomic E-state index is 2.43. The lowest BCUT2D eigenvalue weighted by Gasteiger charge is -2.03. The Kier molecular flexibility index (Phi) is 13.4. The summed E-state index contributed by atoms with van der Waals surface area (Å²) in [7, 11) is 0. The van der Waals surface area contributed by atoms with Crippen molar-refractivity contribution in [2.75, 3.05) is 0 Å². The van der Waals surface area contributed by atoms with Crippen molar-refractivity contribution in [2.24, 2.45) is 0 Å². The van der Waals surface area contributed by atoms with E-state index in [9.17, 15) is 0 Å². The molecule has 1 aromatic heterocycles. The number of thiophene rings is 1. The van der Waals surface area contributed by atoms with Crippen LogP contribution in [0.3, 0.4) is 0 Å². The van der Waals surface area contributed by atoms with Gasteiger partial charge in [-0.05, 0) is 108 Å². The molecule has 0 fully saturated rings. The summed E-state index contributed by atoms with van der Waals surface area (Å²) in [5.74, 6) is 0. The van der Waals surface area contributed by atoms with Gasteiger partial charge in [-0.15, -0.1) is 0 Å². The van der Waals surface area contributed by atoms with E-state index in [4.69, 9.17) is 0 Å². The molecule has 0 atom stereocenters. The van der Waals surface area contributed by atoms with Gasteiger partial charge in [-0.25, -0.2) is 0 Å². The summed E-state index contributed by atoms with van der Waals surface area (Å²) in [4.78, 5) is 0. The average Bonchev–Trinajstić information content (AvgIpc) is 3.15. The predicted molar refractivity (Wildman–Crippen MR) is 130 cm³/mol. The highest BCUT2D eigenvalue weighted by molar-refractivity contribution is 7.07. The zero-order valence-corrected chi connectivity index (χ0v) is 19.6. The zero-order valence-electron chi connectivity index (χ0n) is 18.8. The summed E-state index contributed by atoms with van der Waals surface area (Å²) in [5.41, 5.74) is 7.40. The van der Waals surface area contributed by atoms with Crippen molar-refractivity contribution < 1.29 is 0 Å².